The van der Waals surface area contributed by atoms with Gasteiger partial charge in [0.25, 0.3) is 23.4 Å². The fraction of sp³-hybridized carbons (Fsp3) is 0.217. The first-order chi connectivity index (χ1) is 16.4. The Morgan fingerprint density at radius 1 is 1.09 bits per heavy atom. The highest BCUT2D eigenvalue weighted by atomic mass is 16.6. The van der Waals surface area contributed by atoms with Gasteiger partial charge in [0.1, 0.15) is 11.4 Å². The molecule has 0 atom stereocenters. The smallest absolute Gasteiger partial charge is 0.291 e. The van der Waals surface area contributed by atoms with Crippen LogP contribution in [0.4, 0.5) is 5.69 Å². The summed E-state index contributed by atoms with van der Waals surface area (Å²) in [4.78, 5) is 52.9. The van der Waals surface area contributed by atoms with Crippen molar-refractivity contribution in [3.8, 4) is 5.75 Å². The number of ether oxygens (including phenoxy) is 1. The van der Waals surface area contributed by atoms with E-state index in [9.17, 15) is 24.5 Å². The number of nitrogens with zero attached hydrogens (tertiary/aromatic N) is 4. The van der Waals surface area contributed by atoms with E-state index in [-0.39, 0.29) is 23.5 Å². The molecule has 1 fully saturated rings. The van der Waals surface area contributed by atoms with Crippen LogP contribution in [0, 0.1) is 10.1 Å². The van der Waals surface area contributed by atoms with Crippen LogP contribution in [0.5, 0.6) is 5.75 Å². The van der Waals surface area contributed by atoms with Gasteiger partial charge in [-0.3, -0.25) is 24.5 Å². The number of fused-ring (bicyclic) bond motifs is 1. The van der Waals surface area contributed by atoms with Gasteiger partial charge >= 0.3 is 0 Å². The number of methoxy groups -OCH3 is 1. The van der Waals surface area contributed by atoms with E-state index in [1.54, 1.807) is 12.1 Å². The summed E-state index contributed by atoms with van der Waals surface area (Å²) in [7, 11) is 1.51. The summed E-state index contributed by atoms with van der Waals surface area (Å²) in [5.74, 6) is -0.965. The quantitative estimate of drug-likeness (QED) is 0.437. The van der Waals surface area contributed by atoms with Crippen molar-refractivity contribution in [2.24, 2.45) is 0 Å². The van der Waals surface area contributed by atoms with Crippen LogP contribution >= 0.6 is 0 Å². The van der Waals surface area contributed by atoms with Crippen LogP contribution in [0.3, 0.4) is 0 Å². The lowest BCUT2D eigenvalue weighted by Crippen LogP contribution is -2.48. The number of nitrogens with one attached hydrogen (secondary N) is 1. The molecule has 11 nitrogen and oxygen atoms in total. The lowest BCUT2D eigenvalue weighted by molar-refractivity contribution is -0.384. The topological polar surface area (TPSA) is 135 Å². The fourth-order valence-corrected chi connectivity index (χ4v) is 3.72. The van der Waals surface area contributed by atoms with E-state index >= 15 is 0 Å². The lowest BCUT2D eigenvalue weighted by atomic mass is 10.1. The van der Waals surface area contributed by atoms with Gasteiger partial charge in [-0.2, -0.15) is 0 Å². The van der Waals surface area contributed by atoms with E-state index in [2.05, 4.69) is 10.3 Å². The Morgan fingerprint density at radius 3 is 2.50 bits per heavy atom. The molecule has 34 heavy (non-hydrogen) atoms. The first-order valence-corrected chi connectivity index (χ1v) is 10.5. The number of aromatic nitrogens is 1. The zero-order chi connectivity index (χ0) is 24.2. The van der Waals surface area contributed by atoms with E-state index in [4.69, 9.17) is 4.74 Å². The molecule has 1 aliphatic rings. The highest BCUT2D eigenvalue weighted by Crippen LogP contribution is 2.26. The number of nitro groups is 1. The molecule has 174 valence electrons. The van der Waals surface area contributed by atoms with Gasteiger partial charge in [0.15, 0.2) is 0 Å². The van der Waals surface area contributed by atoms with E-state index in [1.807, 2.05) is 18.2 Å². The third kappa shape index (κ3) is 4.49. The van der Waals surface area contributed by atoms with E-state index < -0.39 is 22.6 Å². The number of amides is 3. The van der Waals surface area contributed by atoms with Crippen LogP contribution in [-0.2, 0) is 4.79 Å². The third-order valence-electron chi connectivity index (χ3n) is 5.41. The number of nitro benzene ring substituents is 1. The zero-order valence-electron chi connectivity index (χ0n) is 18.3. The minimum atomic E-state index is -0.565. The molecule has 1 N–H and O–H groups in total. The average Bonchev–Trinajstić information content (AvgIpc) is 3.36. The average molecular weight is 463 g/mol. The number of hydrogen-bond acceptors (Lipinski definition) is 7. The number of benzene rings is 2. The third-order valence-corrected chi connectivity index (χ3v) is 5.41. The van der Waals surface area contributed by atoms with Crippen molar-refractivity contribution in [1.82, 2.24) is 20.3 Å². The first kappa shape index (κ1) is 22.6. The van der Waals surface area contributed by atoms with Gasteiger partial charge in [0.05, 0.1) is 24.1 Å². The Balaban J connectivity index is 1.45. The molecule has 0 unspecified atom stereocenters. The molecule has 11 heteroatoms. The first-order valence-electron chi connectivity index (χ1n) is 10.5. The van der Waals surface area contributed by atoms with Gasteiger partial charge in [-0.15, -0.1) is 0 Å². The molecule has 1 saturated heterocycles. The van der Waals surface area contributed by atoms with Gasteiger partial charge in [0.2, 0.25) is 0 Å². The summed E-state index contributed by atoms with van der Waals surface area (Å²) in [6.07, 6.45) is 0.582. The van der Waals surface area contributed by atoms with Gasteiger partial charge in [0, 0.05) is 42.2 Å². The molecule has 0 aliphatic carbocycles. The van der Waals surface area contributed by atoms with Crippen LogP contribution in [0.1, 0.15) is 27.3 Å². The second kappa shape index (κ2) is 9.53. The molecule has 1 aliphatic heterocycles. The number of pyridine rings is 1. The van der Waals surface area contributed by atoms with Crippen LogP contribution in [0.2, 0.25) is 0 Å². The summed E-state index contributed by atoms with van der Waals surface area (Å²) in [5, 5.41) is 16.6. The number of hydrogen-bond donors (Lipinski definition) is 1. The second-order valence-corrected chi connectivity index (χ2v) is 7.51. The molecule has 0 bridgehead atoms. The molecule has 0 saturated carbocycles. The normalized spacial score (nSPS) is 13.1. The Labute approximate surface area is 194 Å². The molecule has 0 spiro atoms. The fourth-order valence-electron chi connectivity index (χ4n) is 3.72. The van der Waals surface area contributed by atoms with Crippen molar-refractivity contribution in [2.75, 3.05) is 26.7 Å². The molecule has 2 heterocycles. The Hall–Kier alpha value is -4.54. The number of non-ortho nitro benzene ring substituents is 1. The van der Waals surface area contributed by atoms with Crippen LogP contribution in [0.25, 0.3) is 10.9 Å². The maximum absolute atomic E-state index is 13.2. The second-order valence-electron chi connectivity index (χ2n) is 7.51. The Bertz CT molecular complexity index is 1280. The predicted octanol–water partition coefficient (Wildman–Crippen LogP) is 2.17. The summed E-state index contributed by atoms with van der Waals surface area (Å²) >= 11 is 0. The molecule has 2 aromatic carbocycles. The monoisotopic (exact) mass is 463 g/mol. The number of para-hydroxylation sites is 1. The molecule has 4 rings (SSSR count). The lowest BCUT2D eigenvalue weighted by Gasteiger charge is -2.28. The summed E-state index contributed by atoms with van der Waals surface area (Å²) in [6.45, 7) is 0.314. The number of carbonyl (C=O) groups excluding carboxylic acids is 3. The molecule has 1 aromatic heterocycles. The Kier molecular flexibility index (Phi) is 6.35. The van der Waals surface area contributed by atoms with Gasteiger partial charge in [-0.05, 0) is 30.7 Å². The van der Waals surface area contributed by atoms with Crippen molar-refractivity contribution in [1.29, 1.82) is 0 Å². The van der Waals surface area contributed by atoms with Crippen molar-refractivity contribution in [2.45, 2.75) is 6.42 Å². The van der Waals surface area contributed by atoms with E-state index in [0.717, 1.165) is 5.39 Å². The van der Waals surface area contributed by atoms with Gasteiger partial charge < -0.3 is 10.1 Å². The summed E-state index contributed by atoms with van der Waals surface area (Å²) < 4.78 is 5.41. The van der Waals surface area contributed by atoms with Crippen molar-refractivity contribution in [3.05, 3.63) is 76.0 Å². The summed E-state index contributed by atoms with van der Waals surface area (Å²) in [6, 6.07) is 13.9. The maximum Gasteiger partial charge on any atom is 0.291 e. The van der Waals surface area contributed by atoms with Crippen molar-refractivity contribution < 1.29 is 24.0 Å². The zero-order valence-corrected chi connectivity index (χ0v) is 18.3. The number of hydrazine groups is 1. The highest BCUT2D eigenvalue weighted by Gasteiger charge is 2.32. The van der Waals surface area contributed by atoms with Crippen molar-refractivity contribution in [3.63, 3.8) is 0 Å². The molecular weight excluding hydrogens is 442 g/mol. The SMILES string of the molecule is COc1cc(C(=O)N2CCCN2C(=O)CNC(=O)c2ccc([N+](=O)[O-])cc2)nc2ccccc12. The number of carbonyl (C=O) groups is 3. The van der Waals surface area contributed by atoms with Crippen LogP contribution < -0.4 is 10.1 Å². The molecule has 3 amide bonds. The Morgan fingerprint density at radius 2 is 1.79 bits per heavy atom. The molecular formula is C23H21N5O6. The molecule has 3 aromatic rings. The van der Waals surface area contributed by atoms with E-state index in [0.29, 0.717) is 30.8 Å². The van der Waals surface area contributed by atoms with Crippen molar-refractivity contribution >= 4 is 34.3 Å². The largest absolute Gasteiger partial charge is 0.496 e. The summed E-state index contributed by atoms with van der Waals surface area (Å²) in [5.41, 5.74) is 0.779. The van der Waals surface area contributed by atoms with Gasteiger partial charge in [-0.1, -0.05) is 12.1 Å². The minimum absolute atomic E-state index is 0.141. The van der Waals surface area contributed by atoms with Gasteiger partial charge in [-0.25, -0.2) is 15.0 Å². The minimum Gasteiger partial charge on any atom is -0.496 e. The molecule has 0 radical (unpaired) electrons. The van der Waals surface area contributed by atoms with E-state index in [1.165, 1.54) is 41.4 Å². The predicted molar refractivity (Wildman–Crippen MR) is 121 cm³/mol. The number of rotatable bonds is 6. The van der Waals surface area contributed by atoms with Crippen LogP contribution in [-0.4, -0.2) is 64.4 Å². The van der Waals surface area contributed by atoms with Crippen LogP contribution in [0.15, 0.2) is 54.6 Å². The standard InChI is InChI=1S/C23H21N5O6/c1-34-20-13-19(25-18-6-3-2-5-17(18)20)23(31)27-12-4-11-26(27)21(29)14-24-22(30)15-7-9-16(10-8-15)28(32)33/h2-3,5-10,13H,4,11-12,14H2,1H3,(H,24,30). The maximum atomic E-state index is 13.2. The highest BCUT2D eigenvalue weighted by molar-refractivity contribution is 5.99.